The van der Waals surface area contributed by atoms with E-state index < -0.39 is 23.8 Å². The van der Waals surface area contributed by atoms with Crippen molar-refractivity contribution in [2.24, 2.45) is 11.3 Å². The van der Waals surface area contributed by atoms with Gasteiger partial charge in [-0.05, 0) is 80.0 Å². The van der Waals surface area contributed by atoms with Gasteiger partial charge in [-0.3, -0.25) is 4.79 Å². The zero-order chi connectivity index (χ0) is 25.5. The highest BCUT2D eigenvalue weighted by Crippen LogP contribution is 2.36. The summed E-state index contributed by atoms with van der Waals surface area (Å²) in [6, 6.07) is 14.7. The van der Waals surface area contributed by atoms with E-state index in [1.165, 1.54) is 12.7 Å². The van der Waals surface area contributed by atoms with E-state index in [0.29, 0.717) is 23.8 Å². The molecule has 6 heteroatoms. The molecule has 2 rings (SSSR count). The number of benzene rings is 2. The molecule has 34 heavy (non-hydrogen) atoms. The van der Waals surface area contributed by atoms with Crippen LogP contribution in [0.3, 0.4) is 0 Å². The second-order valence-electron chi connectivity index (χ2n) is 9.65. The van der Waals surface area contributed by atoms with Crippen LogP contribution in [0.25, 0.3) is 0 Å². The fourth-order valence-corrected chi connectivity index (χ4v) is 3.31. The molecule has 0 aliphatic carbocycles. The Morgan fingerprint density at radius 1 is 0.824 bits per heavy atom. The number of rotatable bonds is 11. The monoisotopic (exact) mass is 470 g/mol. The van der Waals surface area contributed by atoms with Crippen molar-refractivity contribution in [2.75, 3.05) is 7.11 Å². The topological polar surface area (TPSA) is 71.1 Å². The van der Waals surface area contributed by atoms with E-state index in [1.807, 2.05) is 19.1 Å². The second-order valence-corrected chi connectivity index (χ2v) is 9.65. The predicted molar refractivity (Wildman–Crippen MR) is 132 cm³/mol. The lowest BCUT2D eigenvalue weighted by Crippen LogP contribution is -2.33. The maximum atomic E-state index is 12.5. The van der Waals surface area contributed by atoms with E-state index >= 15 is 0 Å². The molecule has 0 saturated carbocycles. The van der Waals surface area contributed by atoms with Gasteiger partial charge in [0, 0.05) is 7.11 Å². The van der Waals surface area contributed by atoms with Gasteiger partial charge in [-0.2, -0.15) is 0 Å². The Morgan fingerprint density at radius 2 is 1.35 bits per heavy atom. The summed E-state index contributed by atoms with van der Waals surface area (Å²) in [5.41, 5.74) is 0.975. The molecule has 2 atom stereocenters. The number of carbonyl (C=O) groups excluding carboxylic acids is 2. The van der Waals surface area contributed by atoms with E-state index in [1.54, 1.807) is 38.1 Å². The molecular weight excluding hydrogens is 432 g/mol. The number of hydrogen-bond acceptors (Lipinski definition) is 6. The van der Waals surface area contributed by atoms with E-state index in [4.69, 9.17) is 18.9 Å². The lowest BCUT2D eigenvalue weighted by molar-refractivity contribution is -0.247. The minimum atomic E-state index is -1.42. The highest BCUT2D eigenvalue weighted by atomic mass is 16.9. The molecule has 2 aromatic carbocycles. The quantitative estimate of drug-likeness (QED) is 0.264. The summed E-state index contributed by atoms with van der Waals surface area (Å²) in [5.74, 6) is 0.655. The summed E-state index contributed by atoms with van der Waals surface area (Å²) in [5, 5.41) is 0. The Balaban J connectivity index is 2.02. The Labute approximate surface area is 203 Å². The molecular formula is C28H38O6. The van der Waals surface area contributed by atoms with E-state index in [-0.39, 0.29) is 11.0 Å². The first-order valence-corrected chi connectivity index (χ1v) is 11.8. The van der Waals surface area contributed by atoms with Crippen LogP contribution in [0.2, 0.25) is 0 Å². The molecule has 0 aliphatic rings. The fraction of sp³-hybridized carbons (Fsp3) is 0.500. The SMILES string of the molecule is CCC(C)(C)C(=O)OC(OC)OC(=O)c1ccc(Oc2ccc(C(C)(CC)C(C)C)cc2)cc1. The van der Waals surface area contributed by atoms with Gasteiger partial charge in [0.05, 0.1) is 11.0 Å². The molecule has 0 radical (unpaired) electrons. The van der Waals surface area contributed by atoms with Crippen molar-refractivity contribution in [1.82, 2.24) is 0 Å². The Bertz CT molecular complexity index is 946. The average Bonchev–Trinajstić information content (AvgIpc) is 2.83. The van der Waals surface area contributed by atoms with Gasteiger partial charge >= 0.3 is 18.4 Å². The third-order valence-corrected chi connectivity index (χ3v) is 6.88. The highest BCUT2D eigenvalue weighted by molar-refractivity contribution is 5.89. The molecule has 0 N–H and O–H groups in total. The fourth-order valence-electron chi connectivity index (χ4n) is 3.31. The standard InChI is InChI=1S/C28H38O6/c1-9-27(5,6)25(30)34-26(31-8)33-24(29)20-11-15-22(16-12-20)32-23-17-13-21(14-18-23)28(7,10-2)19(3)4/h11-19,26H,9-10H2,1-8H3. The van der Waals surface area contributed by atoms with Crippen LogP contribution in [-0.4, -0.2) is 25.5 Å². The number of carbonyl (C=O) groups is 2. The number of methoxy groups -OCH3 is 1. The largest absolute Gasteiger partial charge is 0.457 e. The maximum absolute atomic E-state index is 12.5. The zero-order valence-corrected chi connectivity index (χ0v) is 21.6. The van der Waals surface area contributed by atoms with Crippen LogP contribution in [0.5, 0.6) is 11.5 Å². The van der Waals surface area contributed by atoms with Crippen molar-refractivity contribution in [3.63, 3.8) is 0 Å². The van der Waals surface area contributed by atoms with Crippen molar-refractivity contribution >= 4 is 11.9 Å². The summed E-state index contributed by atoms with van der Waals surface area (Å²) in [4.78, 5) is 24.7. The van der Waals surface area contributed by atoms with Gasteiger partial charge in [0.2, 0.25) is 0 Å². The molecule has 0 fully saturated rings. The first-order valence-electron chi connectivity index (χ1n) is 11.8. The van der Waals surface area contributed by atoms with E-state index in [0.717, 1.165) is 6.42 Å². The predicted octanol–water partition coefficient (Wildman–Crippen LogP) is 6.87. The summed E-state index contributed by atoms with van der Waals surface area (Å²) < 4.78 is 21.3. The van der Waals surface area contributed by atoms with Gasteiger partial charge in [0.1, 0.15) is 11.5 Å². The lowest BCUT2D eigenvalue weighted by atomic mass is 9.71. The maximum Gasteiger partial charge on any atom is 0.365 e. The molecule has 6 nitrogen and oxygen atoms in total. The third-order valence-electron chi connectivity index (χ3n) is 6.88. The Morgan fingerprint density at radius 3 is 1.79 bits per heavy atom. The zero-order valence-electron chi connectivity index (χ0n) is 21.6. The molecule has 0 bridgehead atoms. The third kappa shape index (κ3) is 6.60. The number of hydrogen-bond donors (Lipinski definition) is 0. The van der Waals surface area contributed by atoms with Crippen LogP contribution in [0.15, 0.2) is 48.5 Å². The first-order chi connectivity index (χ1) is 16.0. The van der Waals surface area contributed by atoms with Gasteiger partial charge in [-0.15, -0.1) is 0 Å². The summed E-state index contributed by atoms with van der Waals surface area (Å²) >= 11 is 0. The smallest absolute Gasteiger partial charge is 0.365 e. The number of esters is 2. The van der Waals surface area contributed by atoms with Gasteiger partial charge in [-0.1, -0.05) is 46.8 Å². The van der Waals surface area contributed by atoms with Gasteiger partial charge in [-0.25, -0.2) is 4.79 Å². The van der Waals surface area contributed by atoms with Crippen molar-refractivity contribution in [3.05, 3.63) is 59.7 Å². The molecule has 2 unspecified atom stereocenters. The van der Waals surface area contributed by atoms with Crippen LogP contribution < -0.4 is 4.74 Å². The Kier molecular flexibility index (Phi) is 9.28. The molecule has 0 aliphatic heterocycles. The molecule has 0 saturated heterocycles. The lowest BCUT2D eigenvalue weighted by Gasteiger charge is -2.33. The molecule has 186 valence electrons. The molecule has 0 aromatic heterocycles. The second kappa shape index (κ2) is 11.5. The van der Waals surface area contributed by atoms with Crippen LogP contribution in [0, 0.1) is 11.3 Å². The van der Waals surface area contributed by atoms with Gasteiger partial charge in [0.25, 0.3) is 0 Å². The van der Waals surface area contributed by atoms with Crippen molar-refractivity contribution in [3.8, 4) is 11.5 Å². The molecule has 0 spiro atoms. The normalized spacial score (nSPS) is 14.3. The van der Waals surface area contributed by atoms with Crippen molar-refractivity contribution in [1.29, 1.82) is 0 Å². The first kappa shape index (κ1) is 27.4. The highest BCUT2D eigenvalue weighted by Gasteiger charge is 2.31. The average molecular weight is 471 g/mol. The van der Waals surface area contributed by atoms with Gasteiger partial charge < -0.3 is 18.9 Å². The summed E-state index contributed by atoms with van der Waals surface area (Å²) in [6.45, 7) is 12.9. The van der Waals surface area contributed by atoms with Crippen LogP contribution in [0.1, 0.15) is 77.2 Å². The summed E-state index contributed by atoms with van der Waals surface area (Å²) in [7, 11) is 1.30. The van der Waals surface area contributed by atoms with Gasteiger partial charge in [0.15, 0.2) is 0 Å². The van der Waals surface area contributed by atoms with Crippen molar-refractivity contribution < 1.29 is 28.5 Å². The number of ether oxygens (including phenoxy) is 4. The van der Waals surface area contributed by atoms with Crippen LogP contribution in [-0.2, 0) is 24.4 Å². The van der Waals surface area contributed by atoms with Crippen LogP contribution >= 0.6 is 0 Å². The van der Waals surface area contributed by atoms with E-state index in [9.17, 15) is 9.59 Å². The van der Waals surface area contributed by atoms with Crippen LogP contribution in [0.4, 0.5) is 0 Å². The molecule has 2 aromatic rings. The Hall–Kier alpha value is -2.86. The minimum Gasteiger partial charge on any atom is -0.457 e. The summed E-state index contributed by atoms with van der Waals surface area (Å²) in [6.07, 6.45) is 1.64. The molecule has 0 amide bonds. The van der Waals surface area contributed by atoms with Crippen molar-refractivity contribution in [2.45, 2.75) is 73.2 Å². The van der Waals surface area contributed by atoms with E-state index in [2.05, 4.69) is 39.8 Å². The minimum absolute atomic E-state index is 0.112. The molecule has 0 heterocycles.